The molecule has 0 saturated carbocycles. The maximum atomic E-state index is 11.0. The first kappa shape index (κ1) is 22.7. The van der Waals surface area contributed by atoms with Crippen LogP contribution in [-0.4, -0.2) is 61.9 Å². The number of aliphatic hydroxyl groups is 1. The maximum Gasteiger partial charge on any atom is 0.126 e. The molecule has 8 heteroatoms. The molecule has 1 saturated heterocycles. The number of aldehydes is 1. The van der Waals surface area contributed by atoms with Crippen molar-refractivity contribution in [2.24, 2.45) is 0 Å². The number of nitrogens with zero attached hydrogens (tertiary/aromatic N) is 1. The summed E-state index contributed by atoms with van der Waals surface area (Å²) < 4.78 is 17.0. The van der Waals surface area contributed by atoms with Crippen LogP contribution < -0.4 is 14.2 Å². The molecule has 6 nitrogen and oxygen atoms in total. The number of methoxy groups -OCH3 is 1. The van der Waals surface area contributed by atoms with E-state index in [-0.39, 0.29) is 19.1 Å². The highest BCUT2D eigenvalue weighted by Gasteiger charge is 2.26. The van der Waals surface area contributed by atoms with Crippen molar-refractivity contribution in [2.45, 2.75) is 25.0 Å². The quantitative estimate of drug-likeness (QED) is 0.553. The molecule has 2 aromatic rings. The van der Waals surface area contributed by atoms with Gasteiger partial charge in [0.1, 0.15) is 42.3 Å². The fraction of sp³-hybridized carbons (Fsp3) is 0.409. The Kier molecular flexibility index (Phi) is 8.22. The number of ether oxygens (including phenoxy) is 3. The summed E-state index contributed by atoms with van der Waals surface area (Å²) in [4.78, 5) is 13.1. The fourth-order valence-electron chi connectivity index (χ4n) is 3.49. The van der Waals surface area contributed by atoms with E-state index in [1.54, 1.807) is 43.5 Å². The van der Waals surface area contributed by atoms with Gasteiger partial charge in [-0.15, -0.1) is 0 Å². The molecule has 2 aromatic carbocycles. The molecule has 30 heavy (non-hydrogen) atoms. The van der Waals surface area contributed by atoms with Gasteiger partial charge in [-0.05, 0) is 30.7 Å². The molecule has 0 spiro atoms. The van der Waals surface area contributed by atoms with Crippen LogP contribution in [0.5, 0.6) is 17.2 Å². The molecule has 1 fully saturated rings. The van der Waals surface area contributed by atoms with Gasteiger partial charge in [0.25, 0.3) is 0 Å². The van der Waals surface area contributed by atoms with Crippen molar-refractivity contribution in [3.8, 4) is 17.2 Å². The second kappa shape index (κ2) is 10.9. The highest BCUT2D eigenvalue weighted by molar-refractivity contribution is 6.42. The number of β-amino-alcohol motifs (C(OH)–C–C–N with tert-alkyl or cyclic N) is 1. The molecule has 2 atom stereocenters. The summed E-state index contributed by atoms with van der Waals surface area (Å²) in [6, 6.07) is 10.6. The van der Waals surface area contributed by atoms with Crippen LogP contribution in [0, 0.1) is 0 Å². The van der Waals surface area contributed by atoms with E-state index in [2.05, 4.69) is 4.90 Å². The largest absolute Gasteiger partial charge is 0.496 e. The summed E-state index contributed by atoms with van der Waals surface area (Å²) in [5.41, 5.74) is 0.679. The predicted molar refractivity (Wildman–Crippen MR) is 116 cm³/mol. The Morgan fingerprint density at radius 2 is 2.03 bits per heavy atom. The highest BCUT2D eigenvalue weighted by atomic mass is 35.5. The number of hydrogen-bond acceptors (Lipinski definition) is 6. The number of likely N-dealkylation sites (tertiary alicyclic amines) is 1. The van der Waals surface area contributed by atoms with Crippen LogP contribution in [0.1, 0.15) is 12.0 Å². The molecule has 1 heterocycles. The molecular weight excluding hydrogens is 429 g/mol. The first-order valence-corrected chi connectivity index (χ1v) is 10.5. The van der Waals surface area contributed by atoms with E-state index < -0.39 is 6.10 Å². The second-order valence-corrected chi connectivity index (χ2v) is 7.95. The number of rotatable bonds is 10. The Morgan fingerprint density at radius 3 is 2.77 bits per heavy atom. The molecule has 1 aliphatic heterocycles. The van der Waals surface area contributed by atoms with Gasteiger partial charge in [0, 0.05) is 37.7 Å². The average molecular weight is 454 g/mol. The van der Waals surface area contributed by atoms with Gasteiger partial charge in [0.05, 0.1) is 17.2 Å². The Balaban J connectivity index is 1.48. The lowest BCUT2D eigenvalue weighted by atomic mass is 10.1. The van der Waals surface area contributed by atoms with Gasteiger partial charge in [-0.3, -0.25) is 4.90 Å². The van der Waals surface area contributed by atoms with E-state index >= 15 is 0 Å². The summed E-state index contributed by atoms with van der Waals surface area (Å²) in [5, 5.41) is 11.4. The molecule has 1 aliphatic rings. The second-order valence-electron chi connectivity index (χ2n) is 7.14. The van der Waals surface area contributed by atoms with Crippen molar-refractivity contribution < 1.29 is 24.1 Å². The Labute approximate surface area is 186 Å². The molecule has 0 aliphatic carbocycles. The van der Waals surface area contributed by atoms with E-state index in [0.717, 1.165) is 19.3 Å². The minimum atomic E-state index is -0.677. The minimum absolute atomic E-state index is 0.0212. The number of carbonyl (C=O) groups excluding carboxylic acids is 1. The maximum absolute atomic E-state index is 11.0. The first-order chi connectivity index (χ1) is 14.5. The molecule has 0 bridgehead atoms. The molecule has 1 N–H and O–H groups in total. The van der Waals surface area contributed by atoms with Crippen molar-refractivity contribution in [3.63, 3.8) is 0 Å². The third-order valence-electron chi connectivity index (χ3n) is 4.92. The zero-order valence-corrected chi connectivity index (χ0v) is 18.2. The predicted octanol–water partition coefficient (Wildman–Crippen LogP) is 3.64. The van der Waals surface area contributed by atoms with E-state index in [1.165, 1.54) is 0 Å². The van der Waals surface area contributed by atoms with Crippen LogP contribution in [0.15, 0.2) is 36.4 Å². The lowest BCUT2D eigenvalue weighted by Gasteiger charge is -2.21. The minimum Gasteiger partial charge on any atom is -0.496 e. The van der Waals surface area contributed by atoms with Crippen molar-refractivity contribution in [3.05, 3.63) is 52.0 Å². The third-order valence-corrected chi connectivity index (χ3v) is 5.66. The van der Waals surface area contributed by atoms with Gasteiger partial charge >= 0.3 is 0 Å². The van der Waals surface area contributed by atoms with Gasteiger partial charge < -0.3 is 24.1 Å². The topological polar surface area (TPSA) is 68.2 Å². The van der Waals surface area contributed by atoms with Gasteiger partial charge in [-0.2, -0.15) is 0 Å². The van der Waals surface area contributed by atoms with E-state index in [1.807, 2.05) is 0 Å². The third kappa shape index (κ3) is 6.01. The van der Waals surface area contributed by atoms with Gasteiger partial charge in [-0.1, -0.05) is 29.3 Å². The molecule has 0 amide bonds. The molecule has 2 unspecified atom stereocenters. The Morgan fingerprint density at radius 1 is 1.23 bits per heavy atom. The monoisotopic (exact) mass is 453 g/mol. The Hall–Kier alpha value is -1.99. The molecule has 3 rings (SSSR count). The molecular formula is C22H25Cl2NO5. The SMILES string of the molecule is COc1cccc(OCC(O)CN2CCC(Oc3ccc(Cl)c(Cl)c3)C2)c1CC=O. The van der Waals surface area contributed by atoms with E-state index in [0.29, 0.717) is 45.9 Å². The molecule has 0 radical (unpaired) electrons. The number of hydrogen-bond donors (Lipinski definition) is 1. The fourth-order valence-corrected chi connectivity index (χ4v) is 3.78. The number of benzene rings is 2. The van der Waals surface area contributed by atoms with Crippen molar-refractivity contribution in [2.75, 3.05) is 33.4 Å². The lowest BCUT2D eigenvalue weighted by molar-refractivity contribution is -0.107. The molecule has 162 valence electrons. The zero-order chi connectivity index (χ0) is 21.5. The van der Waals surface area contributed by atoms with Crippen LogP contribution in [0.3, 0.4) is 0 Å². The lowest BCUT2D eigenvalue weighted by Crippen LogP contribution is -2.35. The van der Waals surface area contributed by atoms with Crippen LogP contribution in [0.4, 0.5) is 0 Å². The summed E-state index contributed by atoms with van der Waals surface area (Å²) in [6.07, 6.45) is 1.19. The van der Waals surface area contributed by atoms with Crippen LogP contribution in [0.2, 0.25) is 10.0 Å². The summed E-state index contributed by atoms with van der Waals surface area (Å²) in [5.74, 6) is 1.82. The normalized spacial score (nSPS) is 17.5. The first-order valence-electron chi connectivity index (χ1n) is 9.74. The average Bonchev–Trinajstić information content (AvgIpc) is 3.16. The van der Waals surface area contributed by atoms with Gasteiger partial charge in [-0.25, -0.2) is 0 Å². The number of carbonyl (C=O) groups is 1. The summed E-state index contributed by atoms with van der Waals surface area (Å²) in [7, 11) is 1.55. The number of halogens is 2. The smallest absolute Gasteiger partial charge is 0.126 e. The Bertz CT molecular complexity index is 863. The van der Waals surface area contributed by atoms with Crippen LogP contribution in [0.25, 0.3) is 0 Å². The van der Waals surface area contributed by atoms with Crippen LogP contribution in [-0.2, 0) is 11.2 Å². The van der Waals surface area contributed by atoms with Gasteiger partial charge in [0.2, 0.25) is 0 Å². The van der Waals surface area contributed by atoms with Crippen molar-refractivity contribution >= 4 is 29.5 Å². The van der Waals surface area contributed by atoms with E-state index in [4.69, 9.17) is 37.4 Å². The highest BCUT2D eigenvalue weighted by Crippen LogP contribution is 2.29. The van der Waals surface area contributed by atoms with Crippen molar-refractivity contribution in [1.29, 1.82) is 0 Å². The summed E-state index contributed by atoms with van der Waals surface area (Å²) >= 11 is 12.0. The van der Waals surface area contributed by atoms with Crippen molar-refractivity contribution in [1.82, 2.24) is 4.90 Å². The number of aliphatic hydroxyl groups excluding tert-OH is 1. The van der Waals surface area contributed by atoms with Crippen LogP contribution >= 0.6 is 23.2 Å². The standard InChI is InChI=1S/C22H25Cl2NO5/c1-28-21-3-2-4-22(18(21)8-10-26)29-14-15(27)12-25-9-7-17(13-25)30-16-5-6-19(23)20(24)11-16/h2-6,10-11,15,17,27H,7-9,12-14H2,1H3. The van der Waals surface area contributed by atoms with E-state index in [9.17, 15) is 9.90 Å². The zero-order valence-electron chi connectivity index (χ0n) is 16.7. The summed E-state index contributed by atoms with van der Waals surface area (Å²) in [6.45, 7) is 2.10. The molecule has 0 aromatic heterocycles. The van der Waals surface area contributed by atoms with Gasteiger partial charge in [0.15, 0.2) is 0 Å².